The maximum atomic E-state index is 3.53. The Kier molecular flexibility index (Phi) is 11.0. The topological polar surface area (TPSA) is 0 Å². The van der Waals surface area contributed by atoms with Gasteiger partial charge in [0.15, 0.2) is 0 Å². The lowest BCUT2D eigenvalue weighted by Crippen LogP contribution is -1.94. The highest BCUT2D eigenvalue weighted by molar-refractivity contribution is 6.26. The summed E-state index contributed by atoms with van der Waals surface area (Å²) < 4.78 is 0. The molecule has 202 valence electrons. The van der Waals surface area contributed by atoms with E-state index in [-0.39, 0.29) is 0 Å². The maximum absolute atomic E-state index is 3.53. The molecule has 40 heavy (non-hydrogen) atoms. The molecule has 0 aromatic heterocycles. The van der Waals surface area contributed by atoms with E-state index in [9.17, 15) is 0 Å². The Balaban J connectivity index is 2.04. The van der Waals surface area contributed by atoms with Gasteiger partial charge in [-0.25, -0.2) is 0 Å². The Labute approximate surface area is 242 Å². The molecule has 0 fully saturated rings. The maximum Gasteiger partial charge on any atom is 0.0336 e. The highest BCUT2D eigenvalue weighted by Gasteiger charge is 2.17. The summed E-state index contributed by atoms with van der Waals surface area (Å²) in [5, 5.41) is 7.33. The van der Waals surface area contributed by atoms with E-state index in [1.165, 1.54) is 32.3 Å². The second-order valence-electron chi connectivity index (χ2n) is 10.6. The molecular weight excluding hydrogens is 480 g/mol. The van der Waals surface area contributed by atoms with Gasteiger partial charge in [0, 0.05) is 47.9 Å². The largest absolute Gasteiger partial charge is 0.0979 e. The molecule has 0 heterocycles. The van der Waals surface area contributed by atoms with Crippen LogP contribution in [0, 0.1) is 47.4 Å². The van der Waals surface area contributed by atoms with Crippen molar-refractivity contribution in [3.63, 3.8) is 0 Å². The van der Waals surface area contributed by atoms with Crippen LogP contribution in [0.4, 0.5) is 0 Å². The smallest absolute Gasteiger partial charge is 0.0336 e. The van der Waals surface area contributed by atoms with Crippen molar-refractivity contribution in [1.29, 1.82) is 0 Å². The minimum absolute atomic E-state index is 0.922. The molecule has 0 unspecified atom stereocenters. The standard InChI is InChI=1S/C40H42/c1-5-9-13-17-21-31-29-32(22-18-14-10-6-2)36-27-28-38-34(24-20-16-12-8-4)30-33(23-19-15-11-7-3)37-26-25-35(31)39(36)40(37)38/h25-30H,5-16H2,1-4H3. The van der Waals surface area contributed by atoms with E-state index in [0.29, 0.717) is 0 Å². The molecule has 0 radical (unpaired) electrons. The first-order chi connectivity index (χ1) is 19.7. The third-order valence-electron chi connectivity index (χ3n) is 7.41. The van der Waals surface area contributed by atoms with Crippen LogP contribution in [0.3, 0.4) is 0 Å². The summed E-state index contributed by atoms with van der Waals surface area (Å²) in [6, 6.07) is 13.5. The van der Waals surface area contributed by atoms with Gasteiger partial charge in [-0.3, -0.25) is 0 Å². The zero-order chi connectivity index (χ0) is 28.2. The second kappa shape index (κ2) is 15.1. The minimum atomic E-state index is 0.922. The monoisotopic (exact) mass is 522 g/mol. The van der Waals surface area contributed by atoms with E-state index in [4.69, 9.17) is 0 Å². The molecule has 0 N–H and O–H groups in total. The van der Waals surface area contributed by atoms with Gasteiger partial charge in [-0.05, 0) is 70.1 Å². The van der Waals surface area contributed by atoms with Gasteiger partial charge in [0.05, 0.1) is 0 Å². The lowest BCUT2D eigenvalue weighted by atomic mass is 9.86. The van der Waals surface area contributed by atoms with Crippen LogP contribution in [-0.4, -0.2) is 0 Å². The summed E-state index contributed by atoms with van der Waals surface area (Å²) in [4.78, 5) is 0. The summed E-state index contributed by atoms with van der Waals surface area (Å²) >= 11 is 0. The van der Waals surface area contributed by atoms with Crippen LogP contribution in [0.15, 0.2) is 36.4 Å². The Morgan fingerprint density at radius 3 is 0.875 bits per heavy atom. The fraction of sp³-hybridized carbons (Fsp3) is 0.400. The number of hydrogen-bond acceptors (Lipinski definition) is 0. The fourth-order valence-corrected chi connectivity index (χ4v) is 5.10. The van der Waals surface area contributed by atoms with Crippen molar-refractivity contribution in [3.05, 3.63) is 58.7 Å². The molecule has 0 nitrogen and oxygen atoms in total. The van der Waals surface area contributed by atoms with E-state index in [0.717, 1.165) is 99.3 Å². The van der Waals surface area contributed by atoms with Crippen molar-refractivity contribution >= 4 is 32.3 Å². The van der Waals surface area contributed by atoms with E-state index in [1.54, 1.807) is 0 Å². The lowest BCUT2D eigenvalue weighted by molar-refractivity contribution is 0.828. The highest BCUT2D eigenvalue weighted by Crippen LogP contribution is 2.40. The van der Waals surface area contributed by atoms with Crippen LogP contribution in [0.5, 0.6) is 0 Å². The quantitative estimate of drug-likeness (QED) is 0.123. The van der Waals surface area contributed by atoms with Crippen molar-refractivity contribution in [2.45, 2.75) is 105 Å². The van der Waals surface area contributed by atoms with Gasteiger partial charge in [-0.1, -0.05) is 125 Å². The van der Waals surface area contributed by atoms with Gasteiger partial charge in [0.2, 0.25) is 0 Å². The predicted octanol–water partition coefficient (Wildman–Crippen LogP) is 10.8. The van der Waals surface area contributed by atoms with Crippen molar-refractivity contribution in [2.24, 2.45) is 0 Å². The third kappa shape index (κ3) is 6.83. The van der Waals surface area contributed by atoms with E-state index in [1.807, 2.05) is 0 Å². The van der Waals surface area contributed by atoms with Crippen molar-refractivity contribution in [2.75, 3.05) is 0 Å². The summed E-state index contributed by atoms with van der Waals surface area (Å²) in [7, 11) is 0. The first kappa shape index (κ1) is 29.2. The molecule has 0 heteroatoms. The fourth-order valence-electron chi connectivity index (χ4n) is 5.10. The second-order valence-corrected chi connectivity index (χ2v) is 10.6. The van der Waals surface area contributed by atoms with E-state index in [2.05, 4.69) is 111 Å². The molecule has 0 atom stereocenters. The van der Waals surface area contributed by atoms with E-state index >= 15 is 0 Å². The molecule has 4 aromatic carbocycles. The molecule has 0 bridgehead atoms. The summed E-state index contributed by atoms with van der Waals surface area (Å²) in [5.74, 6) is 27.9. The normalized spacial score (nSPS) is 10.4. The first-order valence-corrected chi connectivity index (χ1v) is 15.5. The predicted molar refractivity (Wildman–Crippen MR) is 176 cm³/mol. The van der Waals surface area contributed by atoms with Gasteiger partial charge in [-0.15, -0.1) is 0 Å². The van der Waals surface area contributed by atoms with Crippen LogP contribution in [0.25, 0.3) is 32.3 Å². The number of hydrogen-bond donors (Lipinski definition) is 0. The molecular formula is C40H42. The molecule has 4 rings (SSSR count). The highest BCUT2D eigenvalue weighted by atomic mass is 14.2. The molecule has 4 aromatic rings. The zero-order valence-corrected chi connectivity index (χ0v) is 24.9. The molecule has 0 aliphatic heterocycles. The van der Waals surface area contributed by atoms with Gasteiger partial charge in [0.1, 0.15) is 0 Å². The van der Waals surface area contributed by atoms with Crippen molar-refractivity contribution in [1.82, 2.24) is 0 Å². The summed E-state index contributed by atoms with van der Waals surface area (Å²) in [6.45, 7) is 8.86. The molecule has 0 aliphatic rings. The number of benzene rings is 4. The van der Waals surface area contributed by atoms with Crippen LogP contribution < -0.4 is 0 Å². The van der Waals surface area contributed by atoms with Gasteiger partial charge >= 0.3 is 0 Å². The van der Waals surface area contributed by atoms with Crippen LogP contribution in [-0.2, 0) is 0 Å². The molecule has 0 saturated carbocycles. The molecule has 0 spiro atoms. The van der Waals surface area contributed by atoms with Crippen LogP contribution in [0.1, 0.15) is 127 Å². The Morgan fingerprint density at radius 1 is 0.400 bits per heavy atom. The number of rotatable bonds is 8. The van der Waals surface area contributed by atoms with Gasteiger partial charge in [0.25, 0.3) is 0 Å². The zero-order valence-electron chi connectivity index (χ0n) is 24.9. The van der Waals surface area contributed by atoms with Crippen LogP contribution in [0.2, 0.25) is 0 Å². The lowest BCUT2D eigenvalue weighted by Gasteiger charge is -2.16. The average molecular weight is 523 g/mol. The molecule has 0 aliphatic carbocycles. The Bertz CT molecular complexity index is 1450. The first-order valence-electron chi connectivity index (χ1n) is 15.5. The van der Waals surface area contributed by atoms with Gasteiger partial charge in [-0.2, -0.15) is 0 Å². The Morgan fingerprint density at radius 2 is 0.650 bits per heavy atom. The van der Waals surface area contributed by atoms with Gasteiger partial charge < -0.3 is 0 Å². The summed E-state index contributed by atoms with van der Waals surface area (Å²) in [5.41, 5.74) is 4.31. The minimum Gasteiger partial charge on any atom is -0.0979 e. The molecule has 0 saturated heterocycles. The average Bonchev–Trinajstić information content (AvgIpc) is 2.98. The summed E-state index contributed by atoms with van der Waals surface area (Å²) in [6.07, 6.45) is 12.8. The van der Waals surface area contributed by atoms with Crippen LogP contribution >= 0.6 is 0 Å². The number of unbranched alkanes of at least 4 members (excludes halogenated alkanes) is 8. The van der Waals surface area contributed by atoms with Crippen molar-refractivity contribution in [3.8, 4) is 47.4 Å². The molecule has 0 amide bonds. The van der Waals surface area contributed by atoms with Crippen molar-refractivity contribution < 1.29 is 0 Å². The van der Waals surface area contributed by atoms with E-state index < -0.39 is 0 Å². The SMILES string of the molecule is CCCCC#Cc1cc(C#CCCCC)c2ccc3c(C#CCCCC)cc(C#CCCCC)c4ccc1c2c43. The third-order valence-corrected chi connectivity index (χ3v) is 7.41. The Hall–Kier alpha value is -3.84.